The van der Waals surface area contributed by atoms with Crippen LogP contribution in [0.25, 0.3) is 0 Å². The van der Waals surface area contributed by atoms with E-state index in [1.54, 1.807) is 12.1 Å². The summed E-state index contributed by atoms with van der Waals surface area (Å²) < 4.78 is 35.9. The highest BCUT2D eigenvalue weighted by atomic mass is 79.9. The quantitative estimate of drug-likeness (QED) is 0.246. The third-order valence-corrected chi connectivity index (χ3v) is 6.02. The lowest BCUT2D eigenvalue weighted by Gasteiger charge is -2.20. The van der Waals surface area contributed by atoms with Crippen molar-refractivity contribution < 1.29 is 22.9 Å². The summed E-state index contributed by atoms with van der Waals surface area (Å²) in [4.78, 5) is 0. The van der Waals surface area contributed by atoms with Gasteiger partial charge in [0.1, 0.15) is 0 Å². The van der Waals surface area contributed by atoms with Crippen LogP contribution in [-0.4, -0.2) is 7.11 Å². The van der Waals surface area contributed by atoms with E-state index in [9.17, 15) is 4.57 Å². The molecule has 0 heterocycles. The lowest BCUT2D eigenvalue weighted by Crippen LogP contribution is -2.04. The van der Waals surface area contributed by atoms with Gasteiger partial charge in [-0.2, -0.15) is 0 Å². The first kappa shape index (κ1) is 21.6. The lowest BCUT2D eigenvalue weighted by atomic mass is 10.2. The Kier molecular flexibility index (Phi) is 7.90. The van der Waals surface area contributed by atoms with Gasteiger partial charge in [-0.25, -0.2) is 4.57 Å². The van der Waals surface area contributed by atoms with Crippen molar-refractivity contribution in [1.29, 1.82) is 0 Å². The van der Waals surface area contributed by atoms with Crippen molar-refractivity contribution in [2.45, 2.75) is 18.5 Å². The van der Waals surface area contributed by atoms with Crippen LogP contribution in [0, 0.1) is 0 Å². The van der Waals surface area contributed by atoms with Crippen LogP contribution in [0.5, 0.6) is 11.5 Å². The van der Waals surface area contributed by atoms with Gasteiger partial charge in [0, 0.05) is 5.33 Å². The number of phosphoric ester groups is 1. The van der Waals surface area contributed by atoms with Crippen molar-refractivity contribution >= 4 is 23.8 Å². The highest BCUT2D eigenvalue weighted by Gasteiger charge is 2.30. The number of methoxy groups -OCH3 is 1. The van der Waals surface area contributed by atoms with Gasteiger partial charge in [-0.15, -0.1) is 0 Å². The van der Waals surface area contributed by atoms with Gasteiger partial charge in [-0.3, -0.25) is 9.05 Å². The molecular weight excluding hydrogens is 455 g/mol. The average Bonchev–Trinajstić information content (AvgIpc) is 2.78. The molecule has 0 aliphatic carbocycles. The highest BCUT2D eigenvalue weighted by Crippen LogP contribution is 2.53. The fraction of sp³-hybridized carbons (Fsp3) is 0.182. The predicted molar refractivity (Wildman–Crippen MR) is 116 cm³/mol. The van der Waals surface area contributed by atoms with Crippen molar-refractivity contribution in [2.75, 3.05) is 7.11 Å². The number of phosphoric acid groups is 1. The van der Waals surface area contributed by atoms with Crippen LogP contribution in [0.3, 0.4) is 0 Å². The SMILES string of the molecule is COc1ccc(CBr)cc1OP(=O)(OCc1ccccc1)OCc1ccccc1. The Bertz CT molecular complexity index is 902. The number of hydrogen-bond donors (Lipinski definition) is 0. The number of halogens is 1. The molecule has 0 spiro atoms. The second-order valence-corrected chi connectivity index (χ2v) is 8.33. The highest BCUT2D eigenvalue weighted by molar-refractivity contribution is 9.08. The van der Waals surface area contributed by atoms with Crippen molar-refractivity contribution in [3.8, 4) is 11.5 Å². The zero-order valence-electron chi connectivity index (χ0n) is 16.0. The molecule has 3 aromatic rings. The maximum atomic E-state index is 13.5. The molecule has 0 radical (unpaired) electrons. The van der Waals surface area contributed by atoms with Gasteiger partial charge in [-0.05, 0) is 28.8 Å². The molecule has 5 nitrogen and oxygen atoms in total. The van der Waals surface area contributed by atoms with E-state index in [-0.39, 0.29) is 13.2 Å². The fourth-order valence-corrected chi connectivity index (χ4v) is 4.07. The molecule has 0 aliphatic rings. The summed E-state index contributed by atoms with van der Waals surface area (Å²) in [5.74, 6) is 0.746. The summed E-state index contributed by atoms with van der Waals surface area (Å²) in [5, 5.41) is 0.618. The molecule has 29 heavy (non-hydrogen) atoms. The molecule has 0 N–H and O–H groups in total. The van der Waals surface area contributed by atoms with Crippen LogP contribution in [0.2, 0.25) is 0 Å². The maximum Gasteiger partial charge on any atom is 0.530 e. The summed E-state index contributed by atoms with van der Waals surface area (Å²) in [6, 6.07) is 24.3. The smallest absolute Gasteiger partial charge is 0.493 e. The van der Waals surface area contributed by atoms with E-state index in [1.807, 2.05) is 66.7 Å². The molecule has 0 saturated carbocycles. The molecular formula is C22H22BrO5P. The molecule has 0 saturated heterocycles. The van der Waals surface area contributed by atoms with Gasteiger partial charge in [-0.1, -0.05) is 82.7 Å². The van der Waals surface area contributed by atoms with Crippen molar-refractivity contribution in [3.05, 3.63) is 95.6 Å². The molecule has 0 amide bonds. The molecule has 0 aliphatic heterocycles. The standard InChI is InChI=1S/C22H22BrO5P/c1-25-21-13-12-20(15-23)14-22(21)28-29(24,26-16-18-8-4-2-5-9-18)27-17-19-10-6-3-7-11-19/h2-14H,15-17H2,1H3. The Balaban J connectivity index is 1.82. The van der Waals surface area contributed by atoms with E-state index in [0.29, 0.717) is 16.8 Å². The van der Waals surface area contributed by atoms with Crippen LogP contribution in [0.15, 0.2) is 78.9 Å². The van der Waals surface area contributed by atoms with Gasteiger partial charge in [0.15, 0.2) is 11.5 Å². The molecule has 0 bridgehead atoms. The van der Waals surface area contributed by atoms with Crippen molar-refractivity contribution in [3.63, 3.8) is 0 Å². The number of benzene rings is 3. The van der Waals surface area contributed by atoms with Crippen LogP contribution in [0.1, 0.15) is 16.7 Å². The maximum absolute atomic E-state index is 13.5. The van der Waals surface area contributed by atoms with E-state index in [1.165, 1.54) is 7.11 Å². The number of hydrogen-bond acceptors (Lipinski definition) is 5. The van der Waals surface area contributed by atoms with E-state index in [2.05, 4.69) is 15.9 Å². The second kappa shape index (κ2) is 10.6. The third kappa shape index (κ3) is 6.44. The zero-order chi connectivity index (χ0) is 20.5. The third-order valence-electron chi connectivity index (χ3n) is 4.06. The van der Waals surface area contributed by atoms with Crippen LogP contribution in [-0.2, 0) is 32.2 Å². The van der Waals surface area contributed by atoms with E-state index in [0.717, 1.165) is 16.7 Å². The van der Waals surface area contributed by atoms with Gasteiger partial charge in [0.2, 0.25) is 0 Å². The Morgan fingerprint density at radius 3 is 1.79 bits per heavy atom. The second-order valence-electron chi connectivity index (χ2n) is 6.18. The molecule has 152 valence electrons. The Labute approximate surface area is 179 Å². The van der Waals surface area contributed by atoms with Gasteiger partial charge in [0.25, 0.3) is 0 Å². The van der Waals surface area contributed by atoms with E-state index >= 15 is 0 Å². The molecule has 0 aromatic heterocycles. The first-order valence-electron chi connectivity index (χ1n) is 9.01. The van der Waals surface area contributed by atoms with Crippen LogP contribution < -0.4 is 9.26 Å². The van der Waals surface area contributed by atoms with Crippen LogP contribution >= 0.6 is 23.8 Å². The fourth-order valence-electron chi connectivity index (χ4n) is 2.54. The van der Waals surface area contributed by atoms with Gasteiger partial charge < -0.3 is 9.26 Å². The van der Waals surface area contributed by atoms with Crippen LogP contribution in [0.4, 0.5) is 0 Å². The molecule has 7 heteroatoms. The predicted octanol–water partition coefficient (Wildman–Crippen LogP) is 6.51. The van der Waals surface area contributed by atoms with Gasteiger partial charge in [0.05, 0.1) is 20.3 Å². The van der Waals surface area contributed by atoms with E-state index < -0.39 is 7.82 Å². The molecule has 0 atom stereocenters. The zero-order valence-corrected chi connectivity index (χ0v) is 18.5. The summed E-state index contributed by atoms with van der Waals surface area (Å²) in [5.41, 5.74) is 2.67. The topological polar surface area (TPSA) is 54.0 Å². The van der Waals surface area contributed by atoms with E-state index in [4.69, 9.17) is 18.3 Å². The van der Waals surface area contributed by atoms with Crippen molar-refractivity contribution in [1.82, 2.24) is 0 Å². The number of alkyl halides is 1. The summed E-state index contributed by atoms with van der Waals surface area (Å²) >= 11 is 3.41. The first-order chi connectivity index (χ1) is 14.1. The van der Waals surface area contributed by atoms with Crippen molar-refractivity contribution in [2.24, 2.45) is 0 Å². The number of rotatable bonds is 10. The minimum atomic E-state index is -3.94. The monoisotopic (exact) mass is 476 g/mol. The molecule has 0 fully saturated rings. The Hall–Kier alpha value is -2.11. The molecule has 0 unspecified atom stereocenters. The largest absolute Gasteiger partial charge is 0.530 e. The normalized spacial score (nSPS) is 11.2. The molecule has 3 aromatic carbocycles. The van der Waals surface area contributed by atoms with Gasteiger partial charge >= 0.3 is 7.82 Å². The first-order valence-corrected chi connectivity index (χ1v) is 11.6. The average molecular weight is 477 g/mol. The summed E-state index contributed by atoms with van der Waals surface area (Å²) in [6.07, 6.45) is 0. The number of ether oxygens (including phenoxy) is 1. The minimum absolute atomic E-state index is 0.0906. The Morgan fingerprint density at radius 1 is 0.759 bits per heavy atom. The minimum Gasteiger partial charge on any atom is -0.493 e. The molecule has 3 rings (SSSR count). The lowest BCUT2D eigenvalue weighted by molar-refractivity contribution is 0.142. The Morgan fingerprint density at radius 2 is 1.31 bits per heavy atom. The summed E-state index contributed by atoms with van der Waals surface area (Å²) in [6.45, 7) is 0.181. The summed E-state index contributed by atoms with van der Waals surface area (Å²) in [7, 11) is -2.41.